The predicted molar refractivity (Wildman–Crippen MR) is 82.0 cm³/mol. The Labute approximate surface area is 122 Å². The van der Waals surface area contributed by atoms with Crippen molar-refractivity contribution in [3.8, 4) is 0 Å². The lowest BCUT2D eigenvalue weighted by Crippen LogP contribution is -2.47. The van der Waals surface area contributed by atoms with Crippen LogP contribution in [-0.2, 0) is 16.4 Å². The number of nitrogens with two attached hydrogens (primary N) is 1. The van der Waals surface area contributed by atoms with E-state index < -0.39 is 10.0 Å². The SMILES string of the molecule is CCc1ccc(N)cc1S(=O)(=O)N1C(C)CCCC1C. The summed E-state index contributed by atoms with van der Waals surface area (Å²) in [5, 5.41) is 0. The Kier molecular flexibility index (Phi) is 4.39. The van der Waals surface area contributed by atoms with Crippen molar-refractivity contribution >= 4 is 15.7 Å². The third-order valence-corrected chi connectivity index (χ3v) is 6.35. The maximum Gasteiger partial charge on any atom is 0.243 e. The van der Waals surface area contributed by atoms with Gasteiger partial charge in [-0.05, 0) is 50.8 Å². The van der Waals surface area contributed by atoms with Gasteiger partial charge in [0.05, 0.1) is 4.90 Å². The molecule has 2 unspecified atom stereocenters. The third-order valence-electron chi connectivity index (χ3n) is 4.14. The molecule has 0 saturated carbocycles. The second kappa shape index (κ2) is 5.74. The number of rotatable bonds is 3. The van der Waals surface area contributed by atoms with E-state index in [9.17, 15) is 8.42 Å². The molecule has 1 aromatic rings. The molecule has 5 heteroatoms. The Balaban J connectivity index is 2.51. The van der Waals surface area contributed by atoms with Crippen LogP contribution in [0.3, 0.4) is 0 Å². The largest absolute Gasteiger partial charge is 0.399 e. The molecule has 1 saturated heterocycles. The number of anilines is 1. The van der Waals surface area contributed by atoms with Crippen molar-refractivity contribution in [2.45, 2.75) is 63.4 Å². The van der Waals surface area contributed by atoms with Crippen molar-refractivity contribution < 1.29 is 8.42 Å². The number of nitrogens with zero attached hydrogens (tertiary/aromatic N) is 1. The molecule has 112 valence electrons. The lowest BCUT2D eigenvalue weighted by atomic mass is 10.0. The van der Waals surface area contributed by atoms with Crippen LogP contribution in [0.15, 0.2) is 23.1 Å². The fourth-order valence-electron chi connectivity index (χ4n) is 3.09. The average molecular weight is 296 g/mol. The number of hydrogen-bond acceptors (Lipinski definition) is 3. The van der Waals surface area contributed by atoms with Crippen molar-refractivity contribution in [1.82, 2.24) is 4.31 Å². The van der Waals surface area contributed by atoms with Gasteiger partial charge in [-0.2, -0.15) is 4.31 Å². The fourth-order valence-corrected chi connectivity index (χ4v) is 5.30. The van der Waals surface area contributed by atoms with Crippen LogP contribution in [0.5, 0.6) is 0 Å². The van der Waals surface area contributed by atoms with Gasteiger partial charge in [0.25, 0.3) is 0 Å². The van der Waals surface area contributed by atoms with E-state index in [1.807, 2.05) is 26.8 Å². The Hall–Kier alpha value is -1.07. The summed E-state index contributed by atoms with van der Waals surface area (Å²) >= 11 is 0. The quantitative estimate of drug-likeness (QED) is 0.872. The van der Waals surface area contributed by atoms with Gasteiger partial charge < -0.3 is 5.73 Å². The van der Waals surface area contributed by atoms with E-state index in [-0.39, 0.29) is 12.1 Å². The van der Waals surface area contributed by atoms with Crippen LogP contribution < -0.4 is 5.73 Å². The van der Waals surface area contributed by atoms with Crippen LogP contribution in [-0.4, -0.2) is 24.8 Å². The monoisotopic (exact) mass is 296 g/mol. The van der Waals surface area contributed by atoms with Crippen LogP contribution >= 0.6 is 0 Å². The van der Waals surface area contributed by atoms with Gasteiger partial charge in [-0.15, -0.1) is 0 Å². The van der Waals surface area contributed by atoms with E-state index >= 15 is 0 Å². The maximum absolute atomic E-state index is 13.0. The molecule has 2 N–H and O–H groups in total. The van der Waals surface area contributed by atoms with Crippen molar-refractivity contribution in [2.75, 3.05) is 5.73 Å². The van der Waals surface area contributed by atoms with Crippen LogP contribution in [0, 0.1) is 0 Å². The second-order valence-electron chi connectivity index (χ2n) is 5.68. The van der Waals surface area contributed by atoms with Gasteiger partial charge in [-0.1, -0.05) is 19.4 Å². The van der Waals surface area contributed by atoms with Crippen molar-refractivity contribution in [2.24, 2.45) is 0 Å². The molecule has 0 spiro atoms. The minimum Gasteiger partial charge on any atom is -0.399 e. The Morgan fingerprint density at radius 1 is 1.25 bits per heavy atom. The van der Waals surface area contributed by atoms with Gasteiger partial charge in [-0.3, -0.25) is 0 Å². The average Bonchev–Trinajstić information content (AvgIpc) is 2.38. The molecule has 2 atom stereocenters. The van der Waals surface area contributed by atoms with Crippen LogP contribution in [0.1, 0.15) is 45.6 Å². The minimum absolute atomic E-state index is 0.0508. The lowest BCUT2D eigenvalue weighted by molar-refractivity contribution is 0.204. The van der Waals surface area contributed by atoms with E-state index in [0.29, 0.717) is 17.0 Å². The van der Waals surface area contributed by atoms with E-state index in [2.05, 4.69) is 0 Å². The summed E-state index contributed by atoms with van der Waals surface area (Å²) in [5.41, 5.74) is 7.13. The molecule has 0 radical (unpaired) electrons. The van der Waals surface area contributed by atoms with E-state index in [1.165, 1.54) is 0 Å². The summed E-state index contributed by atoms with van der Waals surface area (Å²) in [6.45, 7) is 5.95. The Morgan fingerprint density at radius 3 is 2.40 bits per heavy atom. The highest BCUT2D eigenvalue weighted by atomic mass is 32.2. The third kappa shape index (κ3) is 2.69. The van der Waals surface area contributed by atoms with Gasteiger partial charge in [0, 0.05) is 17.8 Å². The highest BCUT2D eigenvalue weighted by molar-refractivity contribution is 7.89. The van der Waals surface area contributed by atoms with E-state index in [4.69, 9.17) is 5.73 Å². The Bertz CT molecular complexity index is 574. The van der Waals surface area contributed by atoms with Gasteiger partial charge in [-0.25, -0.2) is 8.42 Å². The summed E-state index contributed by atoms with van der Waals surface area (Å²) in [7, 11) is -3.47. The molecule has 1 aromatic carbocycles. The first-order chi connectivity index (χ1) is 9.37. The molecule has 0 aliphatic carbocycles. The van der Waals surface area contributed by atoms with Crippen LogP contribution in [0.2, 0.25) is 0 Å². The summed E-state index contributed by atoms with van der Waals surface area (Å²) < 4.78 is 27.7. The summed E-state index contributed by atoms with van der Waals surface area (Å²) in [6.07, 6.45) is 3.62. The smallest absolute Gasteiger partial charge is 0.243 e. The molecule has 1 aliphatic rings. The highest BCUT2D eigenvalue weighted by Gasteiger charge is 2.36. The molecule has 20 heavy (non-hydrogen) atoms. The molecular weight excluding hydrogens is 272 g/mol. The van der Waals surface area contributed by atoms with E-state index in [1.54, 1.807) is 16.4 Å². The van der Waals surface area contributed by atoms with Gasteiger partial charge in [0.1, 0.15) is 0 Å². The van der Waals surface area contributed by atoms with Gasteiger partial charge >= 0.3 is 0 Å². The summed E-state index contributed by atoms with van der Waals surface area (Å²) in [4.78, 5) is 0.376. The number of benzene rings is 1. The molecule has 1 fully saturated rings. The number of piperidine rings is 1. The zero-order valence-corrected chi connectivity index (χ0v) is 13.3. The second-order valence-corrected chi connectivity index (χ2v) is 7.50. The normalized spacial score (nSPS) is 24.8. The van der Waals surface area contributed by atoms with Crippen molar-refractivity contribution in [3.63, 3.8) is 0 Å². The molecule has 0 bridgehead atoms. The highest BCUT2D eigenvalue weighted by Crippen LogP contribution is 2.31. The minimum atomic E-state index is -3.47. The fraction of sp³-hybridized carbons (Fsp3) is 0.600. The summed E-state index contributed by atoms with van der Waals surface area (Å²) in [5.74, 6) is 0. The predicted octanol–water partition coefficient (Wildman–Crippen LogP) is 2.78. The molecule has 4 nitrogen and oxygen atoms in total. The molecule has 0 aromatic heterocycles. The summed E-state index contributed by atoms with van der Waals surface area (Å²) in [6, 6.07) is 5.29. The standard InChI is InChI=1S/C15H24N2O2S/c1-4-13-8-9-14(16)10-15(13)20(18,19)17-11(2)6-5-7-12(17)3/h8-12H,4-7,16H2,1-3H3. The van der Waals surface area contributed by atoms with Gasteiger partial charge in [0.15, 0.2) is 0 Å². The zero-order chi connectivity index (χ0) is 14.9. The first kappa shape index (κ1) is 15.3. The first-order valence-corrected chi connectivity index (χ1v) is 8.74. The van der Waals surface area contributed by atoms with Crippen molar-refractivity contribution in [3.05, 3.63) is 23.8 Å². The molecule has 1 aliphatic heterocycles. The number of nitrogen functional groups attached to an aromatic ring is 1. The van der Waals surface area contributed by atoms with Crippen molar-refractivity contribution in [1.29, 1.82) is 0 Å². The molecule has 1 heterocycles. The first-order valence-electron chi connectivity index (χ1n) is 7.29. The Morgan fingerprint density at radius 2 is 1.85 bits per heavy atom. The number of aryl methyl sites for hydroxylation is 1. The van der Waals surface area contributed by atoms with Crippen LogP contribution in [0.25, 0.3) is 0 Å². The molecule has 0 amide bonds. The van der Waals surface area contributed by atoms with E-state index in [0.717, 1.165) is 24.8 Å². The number of hydrogen-bond donors (Lipinski definition) is 1. The number of sulfonamides is 1. The topological polar surface area (TPSA) is 63.4 Å². The lowest BCUT2D eigenvalue weighted by Gasteiger charge is -2.38. The van der Waals surface area contributed by atoms with Crippen LogP contribution in [0.4, 0.5) is 5.69 Å². The molecule has 2 rings (SSSR count). The maximum atomic E-state index is 13.0. The van der Waals surface area contributed by atoms with Gasteiger partial charge in [0.2, 0.25) is 10.0 Å². The molecular formula is C15H24N2O2S. The zero-order valence-electron chi connectivity index (χ0n) is 12.5.